The molecule has 0 fully saturated rings. The monoisotopic (exact) mass is 339 g/mol. The minimum Gasteiger partial charge on any atom is -0.456 e. The Labute approximate surface area is 136 Å². The molecule has 0 unspecified atom stereocenters. The number of ketones is 1. The van der Waals surface area contributed by atoms with Crippen LogP contribution in [0.15, 0.2) is 24.3 Å². The molecule has 1 aromatic carbocycles. The highest BCUT2D eigenvalue weighted by Gasteiger charge is 2.33. The van der Waals surface area contributed by atoms with Crippen molar-refractivity contribution in [3.8, 4) is 0 Å². The van der Waals surface area contributed by atoms with E-state index in [1.165, 1.54) is 25.1 Å². The highest BCUT2D eigenvalue weighted by molar-refractivity contribution is 6.01. The van der Waals surface area contributed by atoms with E-state index in [1.54, 1.807) is 13.8 Å². The van der Waals surface area contributed by atoms with Crippen molar-refractivity contribution in [1.82, 2.24) is 4.98 Å². The smallest absolute Gasteiger partial charge is 0.416 e. The molecule has 7 heteroatoms. The summed E-state index contributed by atoms with van der Waals surface area (Å²) in [6, 6.07) is 4.90. The van der Waals surface area contributed by atoms with Crippen LogP contribution < -0.4 is 0 Å². The van der Waals surface area contributed by atoms with Gasteiger partial charge >= 0.3 is 12.1 Å². The molecule has 0 bridgehead atoms. The molecule has 0 aliphatic carbocycles. The van der Waals surface area contributed by atoms with Gasteiger partial charge in [-0.1, -0.05) is 18.2 Å². The van der Waals surface area contributed by atoms with Crippen molar-refractivity contribution in [2.24, 2.45) is 0 Å². The highest BCUT2D eigenvalue weighted by atomic mass is 19.4. The number of esters is 1. The molecule has 0 amide bonds. The van der Waals surface area contributed by atoms with Gasteiger partial charge in [-0.2, -0.15) is 13.2 Å². The molecule has 0 spiro atoms. The van der Waals surface area contributed by atoms with Crippen molar-refractivity contribution >= 4 is 11.8 Å². The molecule has 1 aromatic heterocycles. The standard InChI is InChI=1S/C17H16F3NO3/c1-9-14(11(3)22)10(2)21-15(9)16(23)24-8-12-6-4-5-7-13(12)17(18,19)20/h4-7,21H,8H2,1-3H3. The molecular formula is C17H16F3NO3. The van der Waals surface area contributed by atoms with E-state index in [2.05, 4.69) is 4.98 Å². The van der Waals surface area contributed by atoms with Crippen LogP contribution in [0.1, 0.15) is 50.2 Å². The van der Waals surface area contributed by atoms with Crippen molar-refractivity contribution in [3.63, 3.8) is 0 Å². The van der Waals surface area contributed by atoms with Gasteiger partial charge in [0.15, 0.2) is 5.78 Å². The van der Waals surface area contributed by atoms with E-state index >= 15 is 0 Å². The van der Waals surface area contributed by atoms with E-state index in [9.17, 15) is 22.8 Å². The zero-order chi connectivity index (χ0) is 18.1. The number of aryl methyl sites for hydroxylation is 1. The van der Waals surface area contributed by atoms with Crippen molar-refractivity contribution in [2.75, 3.05) is 0 Å². The fourth-order valence-electron chi connectivity index (χ4n) is 2.62. The maximum absolute atomic E-state index is 12.9. The summed E-state index contributed by atoms with van der Waals surface area (Å²) < 4.78 is 43.8. The zero-order valence-electron chi connectivity index (χ0n) is 13.4. The lowest BCUT2D eigenvalue weighted by atomic mass is 10.1. The van der Waals surface area contributed by atoms with Crippen LogP contribution in [0.4, 0.5) is 13.2 Å². The summed E-state index contributed by atoms with van der Waals surface area (Å²) in [7, 11) is 0. The maximum atomic E-state index is 12.9. The zero-order valence-corrected chi connectivity index (χ0v) is 13.4. The Bertz CT molecular complexity index is 791. The first-order valence-electron chi connectivity index (χ1n) is 7.15. The number of hydrogen-bond donors (Lipinski definition) is 1. The van der Waals surface area contributed by atoms with Crippen LogP contribution in [0.5, 0.6) is 0 Å². The van der Waals surface area contributed by atoms with Gasteiger partial charge in [0, 0.05) is 16.8 Å². The SMILES string of the molecule is CC(=O)c1c(C)[nH]c(C(=O)OCc2ccccc2C(F)(F)F)c1C. The highest BCUT2D eigenvalue weighted by Crippen LogP contribution is 2.32. The number of carbonyl (C=O) groups is 2. The number of hydrogen-bond acceptors (Lipinski definition) is 3. The van der Waals surface area contributed by atoms with Gasteiger partial charge in [-0.3, -0.25) is 4.79 Å². The number of Topliss-reactive ketones (excluding diaryl/α,β-unsaturated/α-hetero) is 1. The number of nitrogens with one attached hydrogen (secondary N) is 1. The summed E-state index contributed by atoms with van der Waals surface area (Å²) in [4.78, 5) is 26.5. The van der Waals surface area contributed by atoms with Crippen molar-refractivity contribution in [1.29, 1.82) is 0 Å². The Balaban J connectivity index is 2.22. The van der Waals surface area contributed by atoms with E-state index in [1.807, 2.05) is 0 Å². The third-order valence-corrected chi connectivity index (χ3v) is 3.68. The second-order valence-electron chi connectivity index (χ2n) is 5.41. The third-order valence-electron chi connectivity index (χ3n) is 3.68. The van der Waals surface area contributed by atoms with Crippen LogP contribution in [0, 0.1) is 13.8 Å². The maximum Gasteiger partial charge on any atom is 0.416 e. The summed E-state index contributed by atoms with van der Waals surface area (Å²) >= 11 is 0. The lowest BCUT2D eigenvalue weighted by Gasteiger charge is -2.12. The van der Waals surface area contributed by atoms with E-state index in [4.69, 9.17) is 4.74 Å². The van der Waals surface area contributed by atoms with Gasteiger partial charge in [-0.25, -0.2) is 4.79 Å². The van der Waals surface area contributed by atoms with Gasteiger partial charge in [0.25, 0.3) is 0 Å². The summed E-state index contributed by atoms with van der Waals surface area (Å²) in [5.74, 6) is -1.01. The minimum atomic E-state index is -4.52. The summed E-state index contributed by atoms with van der Waals surface area (Å²) in [6.07, 6.45) is -4.52. The van der Waals surface area contributed by atoms with Gasteiger partial charge in [-0.05, 0) is 32.4 Å². The number of ether oxygens (including phenoxy) is 1. The molecule has 128 valence electrons. The first kappa shape index (κ1) is 17.8. The topological polar surface area (TPSA) is 59.2 Å². The van der Waals surface area contributed by atoms with Crippen LogP contribution in [-0.2, 0) is 17.5 Å². The fraction of sp³-hybridized carbons (Fsp3) is 0.294. The Morgan fingerprint density at radius 3 is 2.33 bits per heavy atom. The average Bonchev–Trinajstić information content (AvgIpc) is 2.79. The fourth-order valence-corrected chi connectivity index (χ4v) is 2.62. The third kappa shape index (κ3) is 3.50. The molecule has 4 nitrogen and oxygen atoms in total. The van der Waals surface area contributed by atoms with E-state index in [0.29, 0.717) is 16.8 Å². The van der Waals surface area contributed by atoms with Crippen LogP contribution >= 0.6 is 0 Å². The predicted molar refractivity (Wildman–Crippen MR) is 80.8 cm³/mol. The van der Waals surface area contributed by atoms with Crippen molar-refractivity contribution in [2.45, 2.75) is 33.6 Å². The van der Waals surface area contributed by atoms with E-state index in [-0.39, 0.29) is 17.0 Å². The molecule has 1 N–H and O–H groups in total. The summed E-state index contributed by atoms with van der Waals surface area (Å²) in [5.41, 5.74) is 0.421. The van der Waals surface area contributed by atoms with Gasteiger partial charge < -0.3 is 9.72 Å². The van der Waals surface area contributed by atoms with Crippen LogP contribution in [0.2, 0.25) is 0 Å². The van der Waals surface area contributed by atoms with Crippen molar-refractivity contribution < 1.29 is 27.5 Å². The number of halogens is 3. The minimum absolute atomic E-state index is 0.0715. The molecule has 0 aliphatic rings. The van der Waals surface area contributed by atoms with Gasteiger partial charge in [0.05, 0.1) is 5.56 Å². The molecule has 0 aliphatic heterocycles. The average molecular weight is 339 g/mol. The number of benzene rings is 1. The largest absolute Gasteiger partial charge is 0.456 e. The van der Waals surface area contributed by atoms with Crippen molar-refractivity contribution in [3.05, 3.63) is 57.9 Å². The normalized spacial score (nSPS) is 11.4. The second kappa shape index (κ2) is 6.51. The van der Waals surface area contributed by atoms with E-state index < -0.39 is 24.3 Å². The molecule has 2 aromatic rings. The lowest BCUT2D eigenvalue weighted by molar-refractivity contribution is -0.138. The van der Waals surface area contributed by atoms with Gasteiger partial charge in [0.1, 0.15) is 12.3 Å². The van der Waals surface area contributed by atoms with Crippen LogP contribution in [0.25, 0.3) is 0 Å². The van der Waals surface area contributed by atoms with Gasteiger partial charge in [-0.15, -0.1) is 0 Å². The molecule has 0 radical (unpaired) electrons. The quantitative estimate of drug-likeness (QED) is 0.670. The second-order valence-corrected chi connectivity index (χ2v) is 5.41. The Morgan fingerprint density at radius 2 is 1.79 bits per heavy atom. The lowest BCUT2D eigenvalue weighted by Crippen LogP contribution is -2.13. The van der Waals surface area contributed by atoms with E-state index in [0.717, 1.165) is 6.07 Å². The number of H-pyrrole nitrogens is 1. The van der Waals surface area contributed by atoms with Crippen LogP contribution in [-0.4, -0.2) is 16.7 Å². The number of aromatic amines is 1. The van der Waals surface area contributed by atoms with Crippen LogP contribution in [0.3, 0.4) is 0 Å². The number of alkyl halides is 3. The molecule has 0 saturated heterocycles. The molecule has 2 rings (SSSR count). The predicted octanol–water partition coefficient (Wildman–Crippen LogP) is 4.21. The molecule has 0 saturated carbocycles. The molecule has 1 heterocycles. The summed E-state index contributed by atoms with van der Waals surface area (Å²) in [6.45, 7) is 4.08. The first-order valence-corrected chi connectivity index (χ1v) is 7.15. The Hall–Kier alpha value is -2.57. The first-order chi connectivity index (χ1) is 11.1. The molecular weight excluding hydrogens is 323 g/mol. The van der Waals surface area contributed by atoms with Gasteiger partial charge in [0.2, 0.25) is 0 Å². The molecule has 0 atom stereocenters. The number of carbonyl (C=O) groups excluding carboxylic acids is 2. The number of rotatable bonds is 4. The number of aromatic nitrogens is 1. The Morgan fingerprint density at radius 1 is 1.17 bits per heavy atom. The Kier molecular flexibility index (Phi) is 4.82. The molecule has 24 heavy (non-hydrogen) atoms. The summed E-state index contributed by atoms with van der Waals surface area (Å²) in [5, 5.41) is 0.